The molecule has 5 heteroatoms. The predicted octanol–water partition coefficient (Wildman–Crippen LogP) is 1.29. The van der Waals surface area contributed by atoms with Gasteiger partial charge in [0, 0.05) is 18.8 Å². The number of halogens is 1. The van der Waals surface area contributed by atoms with Crippen LogP contribution in [0, 0.1) is 19.7 Å². The standard InChI is InChI=1S/C13H13FN2O2/c1-8-4-5-11(10(14)6-8)16-12(17)7-9(2)15(3)13(16)18/h4-7H,1-3H3. The van der Waals surface area contributed by atoms with E-state index in [4.69, 9.17) is 0 Å². The van der Waals surface area contributed by atoms with Gasteiger partial charge in [-0.05, 0) is 31.5 Å². The molecule has 1 heterocycles. The molecule has 0 saturated heterocycles. The van der Waals surface area contributed by atoms with E-state index in [1.165, 1.54) is 22.8 Å². The van der Waals surface area contributed by atoms with Crippen LogP contribution in [0.2, 0.25) is 0 Å². The summed E-state index contributed by atoms with van der Waals surface area (Å²) in [5, 5.41) is 0. The van der Waals surface area contributed by atoms with E-state index in [1.807, 2.05) is 0 Å². The van der Waals surface area contributed by atoms with Crippen molar-refractivity contribution in [1.29, 1.82) is 0 Å². The molecular weight excluding hydrogens is 235 g/mol. The molecule has 0 aliphatic rings. The lowest BCUT2D eigenvalue weighted by Crippen LogP contribution is -2.38. The molecule has 0 atom stereocenters. The molecule has 0 aliphatic carbocycles. The first-order valence-electron chi connectivity index (χ1n) is 5.48. The highest BCUT2D eigenvalue weighted by Crippen LogP contribution is 2.11. The van der Waals surface area contributed by atoms with E-state index in [-0.39, 0.29) is 5.69 Å². The van der Waals surface area contributed by atoms with Crippen molar-refractivity contribution in [3.8, 4) is 5.69 Å². The molecule has 2 rings (SSSR count). The molecule has 0 radical (unpaired) electrons. The van der Waals surface area contributed by atoms with Gasteiger partial charge in [-0.2, -0.15) is 0 Å². The Labute approximate surface area is 103 Å². The SMILES string of the molecule is Cc1ccc(-n2c(=O)cc(C)n(C)c2=O)c(F)c1. The zero-order chi connectivity index (χ0) is 13.4. The molecule has 0 N–H and O–H groups in total. The normalized spacial score (nSPS) is 10.7. The van der Waals surface area contributed by atoms with E-state index >= 15 is 0 Å². The summed E-state index contributed by atoms with van der Waals surface area (Å²) < 4.78 is 16.0. The summed E-state index contributed by atoms with van der Waals surface area (Å²) in [6.45, 7) is 3.39. The van der Waals surface area contributed by atoms with Gasteiger partial charge in [-0.1, -0.05) is 6.07 Å². The van der Waals surface area contributed by atoms with E-state index in [1.54, 1.807) is 27.0 Å². The zero-order valence-electron chi connectivity index (χ0n) is 10.4. The van der Waals surface area contributed by atoms with Gasteiger partial charge in [-0.15, -0.1) is 0 Å². The van der Waals surface area contributed by atoms with Crippen molar-refractivity contribution < 1.29 is 4.39 Å². The number of hydrogen-bond donors (Lipinski definition) is 0. The molecule has 1 aromatic heterocycles. The number of nitrogens with zero attached hydrogens (tertiary/aromatic N) is 2. The fourth-order valence-electron chi connectivity index (χ4n) is 1.75. The minimum Gasteiger partial charge on any atom is -0.301 e. The second-order valence-electron chi connectivity index (χ2n) is 4.26. The van der Waals surface area contributed by atoms with Gasteiger partial charge < -0.3 is 4.57 Å². The number of benzene rings is 1. The van der Waals surface area contributed by atoms with Gasteiger partial charge in [-0.3, -0.25) is 4.79 Å². The van der Waals surface area contributed by atoms with Crippen molar-refractivity contribution in [2.75, 3.05) is 0 Å². The summed E-state index contributed by atoms with van der Waals surface area (Å²) in [5.41, 5.74) is 0.161. The Morgan fingerprint density at radius 1 is 1.11 bits per heavy atom. The Balaban J connectivity index is 2.84. The van der Waals surface area contributed by atoms with Gasteiger partial charge >= 0.3 is 5.69 Å². The van der Waals surface area contributed by atoms with Gasteiger partial charge in [-0.25, -0.2) is 13.8 Å². The number of rotatable bonds is 1. The van der Waals surface area contributed by atoms with Gasteiger partial charge in [0.15, 0.2) is 0 Å². The average Bonchev–Trinajstić information content (AvgIpc) is 2.29. The van der Waals surface area contributed by atoms with Crippen molar-refractivity contribution in [3.05, 3.63) is 62.2 Å². The molecular formula is C13H13FN2O2. The van der Waals surface area contributed by atoms with Crippen LogP contribution in [0.5, 0.6) is 0 Å². The molecule has 0 aliphatic heterocycles. The van der Waals surface area contributed by atoms with Gasteiger partial charge in [0.1, 0.15) is 5.82 Å². The fourth-order valence-corrected chi connectivity index (χ4v) is 1.75. The maximum absolute atomic E-state index is 13.8. The first-order valence-corrected chi connectivity index (χ1v) is 5.48. The average molecular weight is 248 g/mol. The highest BCUT2D eigenvalue weighted by molar-refractivity contribution is 5.36. The van der Waals surface area contributed by atoms with Gasteiger partial charge in [0.2, 0.25) is 0 Å². The third kappa shape index (κ3) is 1.88. The Kier molecular flexibility index (Phi) is 2.90. The number of hydrogen-bond acceptors (Lipinski definition) is 2. The first-order chi connectivity index (χ1) is 8.41. The van der Waals surface area contributed by atoms with Crippen LogP contribution in [0.15, 0.2) is 33.9 Å². The zero-order valence-corrected chi connectivity index (χ0v) is 10.4. The van der Waals surface area contributed by atoms with E-state index in [0.29, 0.717) is 5.69 Å². The van der Waals surface area contributed by atoms with Crippen LogP contribution in [0.4, 0.5) is 4.39 Å². The highest BCUT2D eigenvalue weighted by atomic mass is 19.1. The molecule has 0 spiro atoms. The molecule has 94 valence electrons. The lowest BCUT2D eigenvalue weighted by molar-refractivity contribution is 0.603. The highest BCUT2D eigenvalue weighted by Gasteiger charge is 2.12. The van der Waals surface area contributed by atoms with Crippen molar-refractivity contribution in [1.82, 2.24) is 9.13 Å². The van der Waals surface area contributed by atoms with Crippen molar-refractivity contribution in [2.45, 2.75) is 13.8 Å². The minimum absolute atomic E-state index is 0.0220. The summed E-state index contributed by atoms with van der Waals surface area (Å²) in [6.07, 6.45) is 0. The van der Waals surface area contributed by atoms with Gasteiger partial charge in [0.05, 0.1) is 5.69 Å². The maximum Gasteiger partial charge on any atom is 0.335 e. The van der Waals surface area contributed by atoms with Gasteiger partial charge in [0.25, 0.3) is 5.56 Å². The Bertz CT molecular complexity index is 729. The maximum atomic E-state index is 13.8. The monoisotopic (exact) mass is 248 g/mol. The molecule has 0 amide bonds. The van der Waals surface area contributed by atoms with E-state index < -0.39 is 17.1 Å². The van der Waals surface area contributed by atoms with Crippen molar-refractivity contribution in [2.24, 2.45) is 7.05 Å². The molecule has 2 aromatic rings. The van der Waals surface area contributed by atoms with Crippen LogP contribution in [0.25, 0.3) is 5.69 Å². The van der Waals surface area contributed by atoms with Crippen LogP contribution >= 0.6 is 0 Å². The largest absolute Gasteiger partial charge is 0.335 e. The summed E-state index contributed by atoms with van der Waals surface area (Å²) >= 11 is 0. The Hall–Kier alpha value is -2.17. The molecule has 0 fully saturated rings. The van der Waals surface area contributed by atoms with E-state index in [0.717, 1.165) is 10.1 Å². The third-order valence-corrected chi connectivity index (χ3v) is 2.90. The Morgan fingerprint density at radius 3 is 2.39 bits per heavy atom. The van der Waals surface area contributed by atoms with Crippen LogP contribution in [-0.4, -0.2) is 9.13 Å². The number of aromatic nitrogens is 2. The van der Waals surface area contributed by atoms with Crippen LogP contribution in [0.3, 0.4) is 0 Å². The molecule has 18 heavy (non-hydrogen) atoms. The smallest absolute Gasteiger partial charge is 0.301 e. The second-order valence-corrected chi connectivity index (χ2v) is 4.26. The fraction of sp³-hybridized carbons (Fsp3) is 0.231. The summed E-state index contributed by atoms with van der Waals surface area (Å²) in [4.78, 5) is 23.8. The van der Waals surface area contributed by atoms with E-state index in [9.17, 15) is 14.0 Å². The first kappa shape index (κ1) is 12.3. The van der Waals surface area contributed by atoms with Crippen molar-refractivity contribution in [3.63, 3.8) is 0 Å². The molecule has 0 bridgehead atoms. The third-order valence-electron chi connectivity index (χ3n) is 2.90. The minimum atomic E-state index is -0.585. The predicted molar refractivity (Wildman–Crippen MR) is 66.7 cm³/mol. The topological polar surface area (TPSA) is 44.0 Å². The van der Waals surface area contributed by atoms with Crippen LogP contribution in [0.1, 0.15) is 11.3 Å². The molecule has 0 saturated carbocycles. The summed E-state index contributed by atoms with van der Waals surface area (Å²) in [6, 6.07) is 5.69. The van der Waals surface area contributed by atoms with E-state index in [2.05, 4.69) is 0 Å². The van der Waals surface area contributed by atoms with Crippen molar-refractivity contribution >= 4 is 0 Å². The molecule has 0 unspecified atom stereocenters. The van der Waals surface area contributed by atoms with Crippen LogP contribution in [-0.2, 0) is 7.05 Å². The number of aryl methyl sites for hydroxylation is 2. The lowest BCUT2D eigenvalue weighted by atomic mass is 10.2. The molecule has 4 nitrogen and oxygen atoms in total. The molecule has 1 aromatic carbocycles. The lowest BCUT2D eigenvalue weighted by Gasteiger charge is -2.10. The summed E-state index contributed by atoms with van der Waals surface area (Å²) in [7, 11) is 1.54. The Morgan fingerprint density at radius 2 is 1.78 bits per heavy atom. The quantitative estimate of drug-likeness (QED) is 0.763. The summed E-state index contributed by atoms with van der Waals surface area (Å²) in [5.74, 6) is -0.585. The van der Waals surface area contributed by atoms with Crippen LogP contribution < -0.4 is 11.2 Å². The second kappa shape index (κ2) is 4.25.